The molecule has 7 nitrogen and oxygen atoms in total. The van der Waals surface area contributed by atoms with Gasteiger partial charge in [0.05, 0.1) is 5.02 Å². The number of likely N-dealkylation sites (N-methyl/N-ethyl adjacent to an activating group) is 1. The number of halogens is 2. The Morgan fingerprint density at radius 1 is 1.05 bits per heavy atom. The van der Waals surface area contributed by atoms with E-state index in [1.165, 1.54) is 0 Å². The third kappa shape index (κ3) is 4.17. The molecular formula is C30H32ClFN6O. The lowest BCUT2D eigenvalue weighted by Gasteiger charge is -2.43. The molecule has 4 aliphatic heterocycles. The van der Waals surface area contributed by atoms with Gasteiger partial charge in [0, 0.05) is 55.3 Å². The van der Waals surface area contributed by atoms with Crippen LogP contribution in [0.1, 0.15) is 19.3 Å². The van der Waals surface area contributed by atoms with Crippen LogP contribution in [0.4, 0.5) is 16.2 Å². The van der Waals surface area contributed by atoms with Crippen molar-refractivity contribution in [1.82, 2.24) is 20.2 Å². The highest BCUT2D eigenvalue weighted by Crippen LogP contribution is 2.43. The van der Waals surface area contributed by atoms with Crippen LogP contribution in [0.15, 0.2) is 42.5 Å². The van der Waals surface area contributed by atoms with Crippen molar-refractivity contribution in [2.75, 3.05) is 50.1 Å². The van der Waals surface area contributed by atoms with Crippen LogP contribution in [0.25, 0.3) is 32.8 Å². The van der Waals surface area contributed by atoms with Gasteiger partial charge in [-0.25, -0.2) is 9.37 Å². The molecule has 3 aromatic carbocycles. The van der Waals surface area contributed by atoms with Gasteiger partial charge in [0.1, 0.15) is 17.1 Å². The van der Waals surface area contributed by atoms with E-state index in [1.54, 1.807) is 12.1 Å². The molecule has 2 N–H and O–H groups in total. The number of nitrogens with zero attached hydrogens (tertiary/aromatic N) is 5. The number of benzene rings is 3. The van der Waals surface area contributed by atoms with Gasteiger partial charge in [-0.1, -0.05) is 35.9 Å². The summed E-state index contributed by atoms with van der Waals surface area (Å²) < 4.78 is 16.7. The number of piperazine rings is 1. The summed E-state index contributed by atoms with van der Waals surface area (Å²) in [5.41, 5.74) is 1.07. The number of fused-ring (bicyclic) bond motifs is 6. The van der Waals surface area contributed by atoms with Crippen molar-refractivity contribution in [3.63, 3.8) is 0 Å². The Kier molecular flexibility index (Phi) is 6.02. The van der Waals surface area contributed by atoms with Gasteiger partial charge >= 0.3 is 0 Å². The number of phenolic OH excluding ortho intramolecular Hbond substituents is 1. The molecule has 39 heavy (non-hydrogen) atoms. The van der Waals surface area contributed by atoms with Crippen molar-refractivity contribution in [1.29, 1.82) is 0 Å². The number of aromatic hydroxyl groups is 1. The predicted molar refractivity (Wildman–Crippen MR) is 156 cm³/mol. The summed E-state index contributed by atoms with van der Waals surface area (Å²) in [5, 5.41) is 16.7. The van der Waals surface area contributed by atoms with Gasteiger partial charge in [-0.3, -0.25) is 0 Å². The third-order valence-corrected chi connectivity index (χ3v) is 9.00. The Hall–Kier alpha value is -3.20. The second kappa shape index (κ2) is 9.47. The average molecular weight is 547 g/mol. The first-order chi connectivity index (χ1) is 18.9. The summed E-state index contributed by atoms with van der Waals surface area (Å²) in [5.74, 6) is 0.888. The fourth-order valence-electron chi connectivity index (χ4n) is 6.40. The first-order valence-corrected chi connectivity index (χ1v) is 14.1. The van der Waals surface area contributed by atoms with Gasteiger partial charge in [0.25, 0.3) is 0 Å². The van der Waals surface area contributed by atoms with Crippen molar-refractivity contribution < 1.29 is 9.50 Å². The van der Waals surface area contributed by atoms with Crippen LogP contribution in [0.2, 0.25) is 5.02 Å². The molecule has 0 unspecified atom stereocenters. The van der Waals surface area contributed by atoms with E-state index in [1.807, 2.05) is 30.3 Å². The van der Waals surface area contributed by atoms with Gasteiger partial charge in [-0.05, 0) is 67.9 Å². The summed E-state index contributed by atoms with van der Waals surface area (Å²) in [7, 11) is 4.15. The van der Waals surface area contributed by atoms with Gasteiger partial charge < -0.3 is 25.1 Å². The fraction of sp³-hybridized carbons (Fsp3) is 0.400. The summed E-state index contributed by atoms with van der Waals surface area (Å²) in [4.78, 5) is 16.6. The van der Waals surface area contributed by atoms with E-state index in [-0.39, 0.29) is 27.9 Å². The van der Waals surface area contributed by atoms with Crippen LogP contribution in [0.3, 0.4) is 0 Å². The molecule has 1 aromatic heterocycles. The number of rotatable bonds is 4. The van der Waals surface area contributed by atoms with E-state index in [2.05, 4.69) is 34.1 Å². The fourth-order valence-corrected chi connectivity index (χ4v) is 6.69. The lowest BCUT2D eigenvalue weighted by Crippen LogP contribution is -2.58. The molecule has 4 aliphatic rings. The maximum Gasteiger partial charge on any atom is 0.228 e. The highest BCUT2D eigenvalue weighted by Gasteiger charge is 2.36. The Morgan fingerprint density at radius 3 is 2.69 bits per heavy atom. The molecule has 0 radical (unpaired) electrons. The van der Waals surface area contributed by atoms with Gasteiger partial charge in [-0.2, -0.15) is 4.98 Å². The molecule has 0 spiro atoms. The number of hydrogen-bond acceptors (Lipinski definition) is 7. The maximum atomic E-state index is 16.7. The molecule has 0 aliphatic carbocycles. The molecule has 4 fully saturated rings. The Balaban J connectivity index is 1.44. The number of anilines is 2. The minimum absolute atomic E-state index is 0.0618. The van der Waals surface area contributed by atoms with Crippen molar-refractivity contribution >= 4 is 45.0 Å². The van der Waals surface area contributed by atoms with Gasteiger partial charge in [0.15, 0.2) is 5.82 Å². The topological polar surface area (TPSA) is 67.8 Å². The first kappa shape index (κ1) is 24.8. The third-order valence-electron chi connectivity index (χ3n) is 8.70. The molecule has 5 heterocycles. The monoisotopic (exact) mass is 546 g/mol. The normalized spacial score (nSPS) is 21.7. The molecule has 4 aromatic rings. The SMILES string of the molecule is CN(C)C1CN(c2nc(N3C[C@H]4CCC[C@@H]3CN4)c3cc(Cl)c(-c4cc(O)cc5ccccc45)c(F)c3n2)C1. The van der Waals surface area contributed by atoms with E-state index in [4.69, 9.17) is 21.6 Å². The van der Waals surface area contributed by atoms with Crippen LogP contribution >= 0.6 is 11.6 Å². The van der Waals surface area contributed by atoms with E-state index < -0.39 is 5.82 Å². The van der Waals surface area contributed by atoms with E-state index in [0.29, 0.717) is 29.0 Å². The zero-order valence-electron chi connectivity index (χ0n) is 22.2. The summed E-state index contributed by atoms with van der Waals surface area (Å²) in [6.45, 7) is 3.31. The van der Waals surface area contributed by atoms with Crippen LogP contribution in [-0.2, 0) is 0 Å². The number of aromatic nitrogens is 2. The Bertz CT molecular complexity index is 1590. The quantitative estimate of drug-likeness (QED) is 0.372. The smallest absolute Gasteiger partial charge is 0.228 e. The Morgan fingerprint density at radius 2 is 1.87 bits per heavy atom. The largest absolute Gasteiger partial charge is 0.508 e. The van der Waals surface area contributed by atoms with E-state index in [9.17, 15) is 5.11 Å². The molecule has 0 amide bonds. The maximum absolute atomic E-state index is 16.7. The predicted octanol–water partition coefficient (Wildman–Crippen LogP) is 5.03. The van der Waals surface area contributed by atoms with Gasteiger partial charge in [-0.15, -0.1) is 0 Å². The van der Waals surface area contributed by atoms with Crippen molar-refractivity contribution in [3.8, 4) is 16.9 Å². The van der Waals surface area contributed by atoms with Crippen LogP contribution in [-0.4, -0.2) is 78.4 Å². The standard InChI is InChI=1S/C30H32ClFN6O/c1-36(2)20-15-37(16-20)30-34-28-24(29(35-30)38-14-18-7-5-8-19(38)13-33-18)12-25(31)26(27(28)32)23-11-21(39)10-17-6-3-4-9-22(17)23/h3-4,6,9-12,18-20,33,39H,5,7-8,13-16H2,1-2H3/t18-,19-/m1/s1. The Labute approximate surface area is 232 Å². The van der Waals surface area contributed by atoms with E-state index >= 15 is 4.39 Å². The molecule has 2 bridgehead atoms. The van der Waals surface area contributed by atoms with Crippen molar-refractivity contribution in [2.24, 2.45) is 0 Å². The molecule has 0 saturated carbocycles. The highest BCUT2D eigenvalue weighted by atomic mass is 35.5. The highest BCUT2D eigenvalue weighted by molar-refractivity contribution is 6.35. The van der Waals surface area contributed by atoms with Crippen molar-refractivity contribution in [2.45, 2.75) is 37.4 Å². The molecular weight excluding hydrogens is 515 g/mol. The number of hydrogen-bond donors (Lipinski definition) is 2. The second-order valence-corrected chi connectivity index (χ2v) is 11.8. The van der Waals surface area contributed by atoms with Crippen LogP contribution in [0, 0.1) is 5.82 Å². The lowest BCUT2D eigenvalue weighted by atomic mass is 9.96. The van der Waals surface area contributed by atoms with Crippen LogP contribution < -0.4 is 15.1 Å². The summed E-state index contributed by atoms with van der Waals surface area (Å²) in [6.07, 6.45) is 3.36. The molecule has 8 rings (SSSR count). The van der Waals surface area contributed by atoms with Gasteiger partial charge in [0.2, 0.25) is 5.95 Å². The van der Waals surface area contributed by atoms with Crippen LogP contribution in [0.5, 0.6) is 5.75 Å². The van der Waals surface area contributed by atoms with Crippen molar-refractivity contribution in [3.05, 3.63) is 53.3 Å². The zero-order valence-corrected chi connectivity index (χ0v) is 22.9. The molecule has 202 valence electrons. The number of nitrogens with one attached hydrogen (secondary N) is 1. The summed E-state index contributed by atoms with van der Waals surface area (Å²) >= 11 is 6.89. The second-order valence-electron chi connectivity index (χ2n) is 11.4. The molecule has 4 saturated heterocycles. The number of phenols is 1. The van der Waals surface area contributed by atoms with E-state index in [0.717, 1.165) is 62.0 Å². The lowest BCUT2D eigenvalue weighted by molar-refractivity contribution is 0.245. The summed E-state index contributed by atoms with van der Waals surface area (Å²) in [6, 6.07) is 13.8. The minimum atomic E-state index is -0.485. The molecule has 2 atom stereocenters. The average Bonchev–Trinajstić information content (AvgIpc) is 3.23. The molecule has 9 heteroatoms. The minimum Gasteiger partial charge on any atom is -0.508 e. The first-order valence-electron chi connectivity index (χ1n) is 13.7. The zero-order chi connectivity index (χ0) is 26.8.